The molecule has 1 aliphatic heterocycles. The van der Waals surface area contributed by atoms with Crippen molar-refractivity contribution < 1.29 is 28.6 Å². The molecule has 3 aromatic carbocycles. The first kappa shape index (κ1) is 27.1. The number of benzene rings is 3. The number of amides is 2. The van der Waals surface area contributed by atoms with E-state index in [2.05, 4.69) is 15.6 Å². The Labute approximate surface area is 230 Å². The third-order valence-corrected chi connectivity index (χ3v) is 6.71. The number of nitrogens with zero attached hydrogens (tertiary/aromatic N) is 4. The summed E-state index contributed by atoms with van der Waals surface area (Å²) in [5.74, 6) is -1.36. The first-order valence-electron chi connectivity index (χ1n) is 13.2. The van der Waals surface area contributed by atoms with E-state index in [1.807, 2.05) is 12.1 Å². The van der Waals surface area contributed by atoms with E-state index >= 15 is 0 Å². The molecule has 4 aromatic rings. The molecule has 2 amide bonds. The zero-order valence-electron chi connectivity index (χ0n) is 22.0. The molecule has 208 valence electrons. The second kappa shape index (κ2) is 12.1. The van der Waals surface area contributed by atoms with Gasteiger partial charge in [0.05, 0.1) is 18.2 Å². The average molecular weight is 548 g/mol. The number of hydrogen-bond donors (Lipinski definition) is 2. The van der Waals surface area contributed by atoms with Crippen molar-refractivity contribution in [3.8, 4) is 11.5 Å². The lowest BCUT2D eigenvalue weighted by molar-refractivity contribution is -0.127. The Morgan fingerprint density at radius 1 is 1.20 bits per heavy atom. The zero-order valence-corrected chi connectivity index (χ0v) is 22.0. The number of fused-ring (bicyclic) bond motifs is 1. The molecule has 2 heterocycles. The van der Waals surface area contributed by atoms with Crippen LogP contribution in [0, 0.1) is 5.82 Å². The Bertz CT molecular complexity index is 1490. The van der Waals surface area contributed by atoms with E-state index in [-0.39, 0.29) is 37.3 Å². The van der Waals surface area contributed by atoms with E-state index in [4.69, 9.17) is 9.47 Å². The summed E-state index contributed by atoms with van der Waals surface area (Å²) in [6, 6.07) is 15.9. The zero-order chi connectivity index (χ0) is 28.1. The van der Waals surface area contributed by atoms with Crippen LogP contribution in [0.4, 0.5) is 10.1 Å². The quantitative estimate of drug-likeness (QED) is 0.310. The number of nitrogens with one attached hydrogen (secondary N) is 1. The van der Waals surface area contributed by atoms with Gasteiger partial charge < -0.3 is 19.9 Å². The number of halogens is 1. The number of hydrogen-bond acceptors (Lipinski definition) is 7. The number of rotatable bonds is 10. The summed E-state index contributed by atoms with van der Waals surface area (Å²) >= 11 is 0. The maximum Gasteiger partial charge on any atom is 0.249 e. The topological polar surface area (TPSA) is 119 Å². The predicted octanol–water partition coefficient (Wildman–Crippen LogP) is 3.74. The van der Waals surface area contributed by atoms with Gasteiger partial charge >= 0.3 is 0 Å². The third kappa shape index (κ3) is 5.89. The van der Waals surface area contributed by atoms with Crippen LogP contribution < -0.4 is 15.0 Å². The fourth-order valence-corrected chi connectivity index (χ4v) is 4.78. The van der Waals surface area contributed by atoms with Gasteiger partial charge in [0.25, 0.3) is 0 Å². The number of aromatic nitrogens is 3. The molecule has 1 saturated heterocycles. The molecule has 1 fully saturated rings. The molecule has 0 saturated carbocycles. The summed E-state index contributed by atoms with van der Waals surface area (Å²) in [5, 5.41) is 21.5. The van der Waals surface area contributed by atoms with Gasteiger partial charge in [-0.05, 0) is 73.9 Å². The number of phenolic OH excluding ortho intramolecular Hbond substituents is 1. The van der Waals surface area contributed by atoms with Gasteiger partial charge in [-0.15, -0.1) is 5.10 Å². The predicted molar refractivity (Wildman–Crippen MR) is 145 cm³/mol. The Hall–Kier alpha value is -4.51. The van der Waals surface area contributed by atoms with Gasteiger partial charge in [0, 0.05) is 18.8 Å². The molecule has 2 atom stereocenters. The minimum atomic E-state index is -1.19. The van der Waals surface area contributed by atoms with Crippen LogP contribution in [0.15, 0.2) is 66.7 Å². The summed E-state index contributed by atoms with van der Waals surface area (Å²) in [6.07, 6.45) is 1.60. The summed E-state index contributed by atoms with van der Waals surface area (Å²) in [5.41, 5.74) is 1.97. The number of aromatic hydroxyl groups is 1. The molecule has 0 unspecified atom stereocenters. The van der Waals surface area contributed by atoms with Crippen molar-refractivity contribution in [2.75, 3.05) is 24.7 Å². The number of ether oxygens (including phenoxy) is 2. The average Bonchev–Trinajstić information content (AvgIpc) is 3.63. The Kier molecular flexibility index (Phi) is 8.20. The highest BCUT2D eigenvalue weighted by Crippen LogP contribution is 2.34. The van der Waals surface area contributed by atoms with Crippen molar-refractivity contribution in [1.29, 1.82) is 0 Å². The van der Waals surface area contributed by atoms with E-state index in [0.717, 1.165) is 12.8 Å². The van der Waals surface area contributed by atoms with Crippen molar-refractivity contribution in [2.45, 2.75) is 38.5 Å². The molecule has 2 N–H and O–H groups in total. The number of para-hydroxylation sites is 1. The minimum absolute atomic E-state index is 0.0992. The van der Waals surface area contributed by atoms with Crippen molar-refractivity contribution in [3.63, 3.8) is 0 Å². The second-order valence-corrected chi connectivity index (χ2v) is 9.42. The van der Waals surface area contributed by atoms with Crippen molar-refractivity contribution >= 4 is 28.5 Å². The second-order valence-electron chi connectivity index (χ2n) is 9.42. The van der Waals surface area contributed by atoms with Crippen LogP contribution in [0.2, 0.25) is 0 Å². The van der Waals surface area contributed by atoms with Gasteiger partial charge in [-0.25, -0.2) is 9.07 Å². The highest BCUT2D eigenvalue weighted by molar-refractivity contribution is 6.01. The number of phenols is 1. The molecule has 40 heavy (non-hydrogen) atoms. The molecule has 0 spiro atoms. The van der Waals surface area contributed by atoms with E-state index < -0.39 is 23.7 Å². The van der Waals surface area contributed by atoms with Crippen LogP contribution in [-0.2, 0) is 20.9 Å². The van der Waals surface area contributed by atoms with E-state index in [9.17, 15) is 19.1 Å². The summed E-state index contributed by atoms with van der Waals surface area (Å²) in [4.78, 5) is 29.2. The van der Waals surface area contributed by atoms with Gasteiger partial charge in [-0.2, -0.15) is 0 Å². The molecule has 5 rings (SSSR count). The summed E-state index contributed by atoms with van der Waals surface area (Å²) in [7, 11) is 0. The number of anilines is 1. The van der Waals surface area contributed by atoms with Gasteiger partial charge in [0.15, 0.2) is 11.5 Å². The Balaban J connectivity index is 1.56. The maximum absolute atomic E-state index is 14.1. The lowest BCUT2D eigenvalue weighted by atomic mass is 10.0. The monoisotopic (exact) mass is 547 g/mol. The Morgan fingerprint density at radius 2 is 2.00 bits per heavy atom. The van der Waals surface area contributed by atoms with Gasteiger partial charge in [-0.3, -0.25) is 14.5 Å². The molecule has 1 aliphatic rings. The van der Waals surface area contributed by atoms with Crippen LogP contribution in [0.25, 0.3) is 11.0 Å². The van der Waals surface area contributed by atoms with E-state index in [1.165, 1.54) is 46.0 Å². The fourth-order valence-electron chi connectivity index (χ4n) is 4.78. The van der Waals surface area contributed by atoms with Crippen LogP contribution in [0.5, 0.6) is 11.5 Å². The summed E-state index contributed by atoms with van der Waals surface area (Å²) < 4.78 is 26.6. The maximum atomic E-state index is 14.1. The molecule has 0 radical (unpaired) electrons. The van der Waals surface area contributed by atoms with Crippen molar-refractivity contribution in [1.82, 2.24) is 20.3 Å². The summed E-state index contributed by atoms with van der Waals surface area (Å²) in [6.45, 7) is 2.72. The molecular formula is C29H30FN5O5. The fraction of sp³-hybridized carbons (Fsp3) is 0.310. The van der Waals surface area contributed by atoms with E-state index in [1.54, 1.807) is 25.1 Å². The largest absolute Gasteiger partial charge is 0.504 e. The van der Waals surface area contributed by atoms with Gasteiger partial charge in [0.2, 0.25) is 11.8 Å². The van der Waals surface area contributed by atoms with Crippen molar-refractivity contribution in [3.05, 3.63) is 78.1 Å². The lowest BCUT2D eigenvalue weighted by Gasteiger charge is -2.32. The molecule has 0 bridgehead atoms. The molecule has 11 heteroatoms. The van der Waals surface area contributed by atoms with Crippen LogP contribution >= 0.6 is 0 Å². The molecule has 0 aliphatic carbocycles. The smallest absolute Gasteiger partial charge is 0.249 e. The normalized spacial score (nSPS) is 15.6. The third-order valence-electron chi connectivity index (χ3n) is 6.71. The highest BCUT2D eigenvalue weighted by atomic mass is 19.1. The minimum Gasteiger partial charge on any atom is -0.504 e. The van der Waals surface area contributed by atoms with E-state index in [0.29, 0.717) is 28.9 Å². The van der Waals surface area contributed by atoms with Crippen LogP contribution in [0.3, 0.4) is 0 Å². The van der Waals surface area contributed by atoms with Crippen LogP contribution in [-0.4, -0.2) is 57.8 Å². The first-order valence-corrected chi connectivity index (χ1v) is 13.2. The first-order chi connectivity index (χ1) is 19.4. The number of carbonyl (C=O) groups excluding carboxylic acids is 2. The van der Waals surface area contributed by atoms with Gasteiger partial charge in [-0.1, -0.05) is 23.4 Å². The van der Waals surface area contributed by atoms with Crippen molar-refractivity contribution in [2.24, 2.45) is 0 Å². The molecule has 1 aromatic heterocycles. The Morgan fingerprint density at radius 3 is 2.75 bits per heavy atom. The molecular weight excluding hydrogens is 517 g/mol. The SMILES string of the molecule is CCOc1cc([C@H](C(=O)NC[C@H]2CCCO2)N(C(=O)Cn2nnc3ccccc32)c2ccc(F)cc2)ccc1O. The highest BCUT2D eigenvalue weighted by Gasteiger charge is 2.34. The van der Waals surface area contributed by atoms with Gasteiger partial charge in [0.1, 0.15) is 23.9 Å². The molecule has 10 nitrogen and oxygen atoms in total. The number of carbonyl (C=O) groups is 2. The lowest BCUT2D eigenvalue weighted by Crippen LogP contribution is -2.46. The standard InChI is InChI=1S/C29H30FN5O5/c1-2-39-26-16-19(9-14-25(26)36)28(29(38)31-17-22-6-5-15-40-22)35(21-12-10-20(30)11-13-21)27(37)18-34-24-8-4-3-7-23(24)32-33-34/h3-4,7-14,16,22,28,36H,2,5-6,15,17-18H2,1H3,(H,31,38)/t22-,28-/m1/s1. The van der Waals surface area contributed by atoms with Crippen LogP contribution in [0.1, 0.15) is 31.4 Å².